The summed E-state index contributed by atoms with van der Waals surface area (Å²) >= 11 is 0. The Balaban J connectivity index is 2.21. The third-order valence-corrected chi connectivity index (χ3v) is 9.22. The number of nitrogens with zero attached hydrogens (tertiary/aromatic N) is 1. The highest BCUT2D eigenvalue weighted by Gasteiger charge is 2.36. The number of esters is 1. The lowest BCUT2D eigenvalue weighted by atomic mass is 9.85. The molecule has 16 heteroatoms. The SMILES string of the molecule is CC[C@H](C)[C@H](NC(=O)[C@@H](C[C@H](O)[C@H](CC(C)C)NC(=O)[C@H](CCC(N)=O)NC(=O)OCc1ccccc1)C(C)C)C(=O)N[C@@H](Cc1c[nH]cn1)C(=O)OC. The molecule has 0 aliphatic rings. The van der Waals surface area contributed by atoms with E-state index in [0.717, 1.165) is 5.56 Å². The zero-order valence-electron chi connectivity index (χ0n) is 32.4. The Kier molecular flexibility index (Phi) is 19.2. The van der Waals surface area contributed by atoms with Gasteiger partial charge in [0.1, 0.15) is 24.7 Å². The van der Waals surface area contributed by atoms with E-state index in [9.17, 15) is 33.9 Å². The predicted octanol–water partition coefficient (Wildman–Crippen LogP) is 2.26. The van der Waals surface area contributed by atoms with Crippen LogP contribution in [0.4, 0.5) is 4.79 Å². The highest BCUT2D eigenvalue weighted by Crippen LogP contribution is 2.23. The topological polar surface area (TPSA) is 244 Å². The van der Waals surface area contributed by atoms with Gasteiger partial charge >= 0.3 is 12.1 Å². The van der Waals surface area contributed by atoms with Crippen LogP contribution in [0.5, 0.6) is 0 Å². The molecule has 0 spiro atoms. The van der Waals surface area contributed by atoms with Crippen molar-refractivity contribution in [1.82, 2.24) is 31.2 Å². The first-order valence-electron chi connectivity index (χ1n) is 18.5. The van der Waals surface area contributed by atoms with E-state index in [2.05, 4.69) is 31.2 Å². The fraction of sp³-hybridized carbons (Fsp3) is 0.605. The van der Waals surface area contributed by atoms with Crippen molar-refractivity contribution in [3.63, 3.8) is 0 Å². The molecule has 8 N–H and O–H groups in total. The van der Waals surface area contributed by atoms with Crippen LogP contribution in [0.2, 0.25) is 0 Å². The van der Waals surface area contributed by atoms with Crippen molar-refractivity contribution >= 4 is 35.7 Å². The molecule has 0 bridgehead atoms. The number of aliphatic hydroxyl groups is 1. The summed E-state index contributed by atoms with van der Waals surface area (Å²) in [6.07, 6.45) is 1.51. The second-order valence-electron chi connectivity index (χ2n) is 14.4. The Morgan fingerprint density at radius 3 is 2.13 bits per heavy atom. The smallest absolute Gasteiger partial charge is 0.408 e. The lowest BCUT2D eigenvalue weighted by Gasteiger charge is -2.32. The number of ether oxygens (including phenoxy) is 2. The Labute approximate surface area is 317 Å². The van der Waals surface area contributed by atoms with E-state index in [1.54, 1.807) is 37.4 Å². The molecule has 0 unspecified atom stereocenters. The molecule has 0 saturated carbocycles. The van der Waals surface area contributed by atoms with E-state index >= 15 is 0 Å². The minimum atomic E-state index is -1.22. The maximum absolute atomic E-state index is 13.9. The standard InChI is InChI=1S/C38H59N7O9/c1-8-24(6)33(36(50)43-30(37(51)53-7)17-26-19-40-21-41-26)45-34(48)27(23(4)5)18-31(46)29(16-22(2)3)42-35(49)28(14-15-32(39)47)44-38(52)54-20-25-12-10-9-11-13-25/h9-13,19,21-24,27-31,33,46H,8,14-18,20H2,1-7H3,(H2,39,47)(H,40,41)(H,42,49)(H,43,50)(H,44,52)(H,45,48)/t24-,27-,28-,29-,30-,31-,33-/m0/s1. The molecular weight excluding hydrogens is 698 g/mol. The molecule has 2 rings (SSSR count). The van der Waals surface area contributed by atoms with Crippen molar-refractivity contribution < 1.29 is 43.3 Å². The van der Waals surface area contributed by atoms with Crippen LogP contribution in [0.1, 0.15) is 84.9 Å². The number of aromatic amines is 1. The number of aliphatic hydroxyl groups excluding tert-OH is 1. The third kappa shape index (κ3) is 15.5. The van der Waals surface area contributed by atoms with E-state index in [4.69, 9.17) is 15.2 Å². The van der Waals surface area contributed by atoms with Gasteiger partial charge in [0.15, 0.2) is 0 Å². The molecule has 54 heavy (non-hydrogen) atoms. The minimum Gasteiger partial charge on any atom is -0.467 e. The van der Waals surface area contributed by atoms with Crippen molar-refractivity contribution in [2.45, 2.75) is 117 Å². The van der Waals surface area contributed by atoms with Crippen molar-refractivity contribution in [3.8, 4) is 0 Å². The van der Waals surface area contributed by atoms with Crippen LogP contribution in [0, 0.1) is 23.7 Å². The first-order valence-corrected chi connectivity index (χ1v) is 18.5. The number of nitrogens with one attached hydrogen (secondary N) is 5. The lowest BCUT2D eigenvalue weighted by Crippen LogP contribution is -2.56. The van der Waals surface area contributed by atoms with Crippen LogP contribution in [0.25, 0.3) is 0 Å². The molecule has 1 heterocycles. The number of primary amides is 1. The van der Waals surface area contributed by atoms with Gasteiger partial charge in [0.05, 0.1) is 31.3 Å². The first-order chi connectivity index (χ1) is 25.6. The van der Waals surface area contributed by atoms with Gasteiger partial charge in [0.25, 0.3) is 0 Å². The summed E-state index contributed by atoms with van der Waals surface area (Å²) in [6, 6.07) is 4.84. The molecule has 0 fully saturated rings. The quantitative estimate of drug-likeness (QED) is 0.0816. The number of amides is 5. The number of hydrogen-bond acceptors (Lipinski definition) is 10. The summed E-state index contributed by atoms with van der Waals surface area (Å²) in [5.41, 5.74) is 6.61. The third-order valence-electron chi connectivity index (χ3n) is 9.22. The van der Waals surface area contributed by atoms with Gasteiger partial charge in [-0.25, -0.2) is 14.6 Å². The highest BCUT2D eigenvalue weighted by molar-refractivity contribution is 5.91. The molecule has 1 aromatic carbocycles. The minimum absolute atomic E-state index is 0.00634. The second-order valence-corrected chi connectivity index (χ2v) is 14.4. The molecule has 1 aromatic heterocycles. The van der Waals surface area contributed by atoms with Gasteiger partial charge in [0, 0.05) is 25.0 Å². The zero-order valence-corrected chi connectivity index (χ0v) is 32.4. The molecular formula is C38H59N7O9. The van der Waals surface area contributed by atoms with Gasteiger partial charge in [-0.05, 0) is 42.6 Å². The van der Waals surface area contributed by atoms with Crippen molar-refractivity contribution in [1.29, 1.82) is 0 Å². The largest absolute Gasteiger partial charge is 0.467 e. The van der Waals surface area contributed by atoms with Crippen LogP contribution in [-0.4, -0.2) is 88.1 Å². The number of nitrogens with two attached hydrogens (primary N) is 1. The van der Waals surface area contributed by atoms with E-state index < -0.39 is 71.9 Å². The van der Waals surface area contributed by atoms with E-state index in [0.29, 0.717) is 18.5 Å². The number of rotatable bonds is 23. The van der Waals surface area contributed by atoms with E-state index in [-0.39, 0.29) is 50.0 Å². The first kappa shape index (κ1) is 45.2. The highest BCUT2D eigenvalue weighted by atomic mass is 16.5. The van der Waals surface area contributed by atoms with Crippen LogP contribution >= 0.6 is 0 Å². The summed E-state index contributed by atoms with van der Waals surface area (Å²) in [5.74, 6) is -4.45. The normalized spacial score (nSPS) is 15.1. The number of methoxy groups -OCH3 is 1. The predicted molar refractivity (Wildman–Crippen MR) is 200 cm³/mol. The molecule has 0 aliphatic carbocycles. The van der Waals surface area contributed by atoms with E-state index in [1.807, 2.05) is 40.7 Å². The molecule has 0 radical (unpaired) electrons. The molecule has 0 saturated heterocycles. The number of imidazole rings is 1. The maximum atomic E-state index is 13.9. The van der Waals surface area contributed by atoms with Crippen LogP contribution < -0.4 is 27.0 Å². The monoisotopic (exact) mass is 757 g/mol. The lowest BCUT2D eigenvalue weighted by molar-refractivity contribution is -0.145. The molecule has 0 aliphatic heterocycles. The van der Waals surface area contributed by atoms with Gasteiger partial charge in [-0.3, -0.25) is 19.2 Å². The Morgan fingerprint density at radius 2 is 1.57 bits per heavy atom. The number of carbonyl (C=O) groups is 6. The molecule has 2 aromatic rings. The number of H-pyrrole nitrogens is 1. The number of alkyl carbamates (subject to hydrolysis) is 1. The van der Waals surface area contributed by atoms with Gasteiger partial charge in [-0.15, -0.1) is 0 Å². The van der Waals surface area contributed by atoms with Crippen molar-refractivity contribution in [3.05, 3.63) is 54.1 Å². The maximum Gasteiger partial charge on any atom is 0.408 e. The van der Waals surface area contributed by atoms with Gasteiger partial charge in [0.2, 0.25) is 23.6 Å². The summed E-state index contributed by atoms with van der Waals surface area (Å²) in [4.78, 5) is 84.9. The Hall–Kier alpha value is -4.99. The van der Waals surface area contributed by atoms with E-state index in [1.165, 1.54) is 13.4 Å². The average molecular weight is 758 g/mol. The summed E-state index contributed by atoms with van der Waals surface area (Å²) in [6.45, 7) is 11.1. The molecule has 5 amide bonds. The molecule has 16 nitrogen and oxygen atoms in total. The number of benzene rings is 1. The van der Waals surface area contributed by atoms with Crippen LogP contribution in [0.15, 0.2) is 42.9 Å². The van der Waals surface area contributed by atoms with Crippen molar-refractivity contribution in [2.24, 2.45) is 29.4 Å². The fourth-order valence-electron chi connectivity index (χ4n) is 5.84. The molecule has 300 valence electrons. The van der Waals surface area contributed by atoms with Crippen LogP contribution in [0.3, 0.4) is 0 Å². The number of carbonyl (C=O) groups excluding carboxylic acids is 6. The fourth-order valence-corrected chi connectivity index (χ4v) is 5.84. The summed E-state index contributed by atoms with van der Waals surface area (Å²) < 4.78 is 10.2. The zero-order chi connectivity index (χ0) is 40.4. The van der Waals surface area contributed by atoms with Gasteiger partial charge < -0.3 is 46.6 Å². The Morgan fingerprint density at radius 1 is 0.889 bits per heavy atom. The summed E-state index contributed by atoms with van der Waals surface area (Å²) in [7, 11) is 1.21. The van der Waals surface area contributed by atoms with Gasteiger partial charge in [-0.2, -0.15) is 0 Å². The van der Waals surface area contributed by atoms with Gasteiger partial charge in [-0.1, -0.05) is 78.3 Å². The second kappa shape index (κ2) is 22.9. The number of hydrogen-bond donors (Lipinski definition) is 7. The average Bonchev–Trinajstić information content (AvgIpc) is 3.65. The Bertz CT molecular complexity index is 1490. The summed E-state index contributed by atoms with van der Waals surface area (Å²) in [5, 5.41) is 22.5. The van der Waals surface area contributed by atoms with Crippen molar-refractivity contribution in [2.75, 3.05) is 7.11 Å². The number of aromatic nitrogens is 2. The molecule has 7 atom stereocenters. The van der Waals surface area contributed by atoms with Crippen LogP contribution in [-0.2, 0) is 46.5 Å².